The van der Waals surface area contributed by atoms with E-state index >= 15 is 0 Å². The monoisotopic (exact) mass is 246 g/mol. The number of nitrogens with zero attached hydrogens (tertiary/aromatic N) is 2. The van der Waals surface area contributed by atoms with Crippen molar-refractivity contribution in [3.8, 4) is 0 Å². The molecule has 0 aromatic carbocycles. The summed E-state index contributed by atoms with van der Waals surface area (Å²) < 4.78 is 1.79. The molecule has 5 heteroatoms. The minimum absolute atomic E-state index is 0.146. The molecule has 2 heterocycles. The van der Waals surface area contributed by atoms with Gasteiger partial charge in [-0.2, -0.15) is 21.0 Å². The maximum Gasteiger partial charge on any atom is 0.305 e. The van der Waals surface area contributed by atoms with Crippen LogP contribution in [0.5, 0.6) is 0 Å². The van der Waals surface area contributed by atoms with Crippen LogP contribution in [0.1, 0.15) is 5.56 Å². The first-order chi connectivity index (χ1) is 8.34. The van der Waals surface area contributed by atoms with Gasteiger partial charge in [-0.3, -0.25) is 4.79 Å². The van der Waals surface area contributed by atoms with Gasteiger partial charge in [0.1, 0.15) is 0 Å². The van der Waals surface area contributed by atoms with Crippen molar-refractivity contribution in [3.63, 3.8) is 0 Å². The summed E-state index contributed by atoms with van der Waals surface area (Å²) in [6.07, 6.45) is 5.30. The summed E-state index contributed by atoms with van der Waals surface area (Å²) in [7, 11) is 0. The zero-order valence-electron chi connectivity index (χ0n) is 9.11. The summed E-state index contributed by atoms with van der Waals surface area (Å²) in [4.78, 5) is 11.5. The third-order valence-electron chi connectivity index (χ3n) is 2.05. The molecular weight excluding hydrogens is 234 g/mol. The quantitative estimate of drug-likeness (QED) is 0.491. The smallest absolute Gasteiger partial charge is 0.266 e. The van der Waals surface area contributed by atoms with Crippen LogP contribution >= 0.6 is 11.3 Å². The third-order valence-corrected chi connectivity index (χ3v) is 2.75. The number of hydrogen-bond donors (Lipinski definition) is 1. The number of rotatable bonds is 4. The van der Waals surface area contributed by atoms with Crippen LogP contribution in [0, 0.1) is 0 Å². The Morgan fingerprint density at radius 3 is 2.94 bits per heavy atom. The van der Waals surface area contributed by atoms with Crippen LogP contribution in [0.2, 0.25) is 0 Å². The first kappa shape index (κ1) is 11.5. The molecule has 0 aliphatic heterocycles. The molecule has 0 bridgehead atoms. The van der Waals surface area contributed by atoms with Gasteiger partial charge in [-0.15, -0.1) is 0 Å². The molecule has 1 N–H and O–H groups in total. The lowest BCUT2D eigenvalue weighted by Crippen LogP contribution is -2.40. The lowest BCUT2D eigenvalue weighted by molar-refractivity contribution is -0.684. The van der Waals surface area contributed by atoms with Crippen molar-refractivity contribution in [2.75, 3.05) is 0 Å². The number of amides is 1. The van der Waals surface area contributed by atoms with Crippen molar-refractivity contribution in [1.29, 1.82) is 0 Å². The summed E-state index contributed by atoms with van der Waals surface area (Å²) in [5, 5.41) is 7.80. The molecular formula is C12H12N3OS+. The molecule has 2 rings (SSSR count). The average Bonchev–Trinajstić information content (AvgIpc) is 2.83. The standard InChI is InChI=1S/C12H11N3OS/c16-12(9-15-5-2-1-3-6-15)14-13-8-11-4-7-17-10-11/h1-8,10H,9H2/p+1/b13-8+. The zero-order valence-corrected chi connectivity index (χ0v) is 9.93. The van der Waals surface area contributed by atoms with Gasteiger partial charge in [0, 0.05) is 17.7 Å². The maximum absolute atomic E-state index is 11.5. The number of pyridine rings is 1. The van der Waals surface area contributed by atoms with Gasteiger partial charge in [-0.1, -0.05) is 6.07 Å². The molecule has 1 amide bonds. The van der Waals surface area contributed by atoms with Crippen LogP contribution in [0.15, 0.2) is 52.5 Å². The number of carbonyl (C=O) groups is 1. The lowest BCUT2D eigenvalue weighted by Gasteiger charge is -1.95. The highest BCUT2D eigenvalue weighted by Gasteiger charge is 2.06. The van der Waals surface area contributed by atoms with Gasteiger partial charge in [-0.05, 0) is 16.8 Å². The van der Waals surface area contributed by atoms with E-state index in [1.54, 1.807) is 22.1 Å². The summed E-state index contributed by atoms with van der Waals surface area (Å²) in [6.45, 7) is 0.266. The molecule has 4 nitrogen and oxygen atoms in total. The van der Waals surface area contributed by atoms with Crippen molar-refractivity contribution in [3.05, 3.63) is 53.0 Å². The van der Waals surface area contributed by atoms with Gasteiger partial charge in [0.15, 0.2) is 12.4 Å². The third kappa shape index (κ3) is 3.81. The van der Waals surface area contributed by atoms with Crippen LogP contribution in [0.25, 0.3) is 0 Å². The molecule has 0 unspecified atom stereocenters. The van der Waals surface area contributed by atoms with Crippen molar-refractivity contribution >= 4 is 23.5 Å². The molecule has 2 aromatic heterocycles. The average molecular weight is 246 g/mol. The molecule has 0 aliphatic carbocycles. The normalized spacial score (nSPS) is 10.6. The van der Waals surface area contributed by atoms with Crippen LogP contribution in [-0.2, 0) is 11.3 Å². The molecule has 86 valence electrons. The first-order valence-corrected chi connectivity index (χ1v) is 6.07. The van der Waals surface area contributed by atoms with Gasteiger partial charge in [-0.25, -0.2) is 5.43 Å². The van der Waals surface area contributed by atoms with E-state index in [1.807, 2.05) is 47.4 Å². The number of aromatic nitrogens is 1. The highest BCUT2D eigenvalue weighted by Crippen LogP contribution is 2.01. The fourth-order valence-electron chi connectivity index (χ4n) is 1.27. The van der Waals surface area contributed by atoms with E-state index in [0.29, 0.717) is 0 Å². The van der Waals surface area contributed by atoms with Crippen molar-refractivity contribution in [2.24, 2.45) is 5.10 Å². The second kappa shape index (κ2) is 5.91. The fourth-order valence-corrected chi connectivity index (χ4v) is 1.88. The molecule has 0 fully saturated rings. The highest BCUT2D eigenvalue weighted by atomic mass is 32.1. The Morgan fingerprint density at radius 1 is 1.41 bits per heavy atom. The fraction of sp³-hybridized carbons (Fsp3) is 0.0833. The number of hydrogen-bond acceptors (Lipinski definition) is 3. The number of carbonyl (C=O) groups excluding carboxylic acids is 1. The van der Waals surface area contributed by atoms with Crippen LogP contribution in [-0.4, -0.2) is 12.1 Å². The van der Waals surface area contributed by atoms with Gasteiger partial charge in [0.05, 0.1) is 6.21 Å². The molecule has 0 spiro atoms. The molecule has 0 saturated heterocycles. The summed E-state index contributed by atoms with van der Waals surface area (Å²) >= 11 is 1.59. The second-order valence-corrected chi connectivity index (χ2v) is 4.18. The Kier molecular flexibility index (Phi) is 3.99. The van der Waals surface area contributed by atoms with Crippen molar-refractivity contribution in [1.82, 2.24) is 5.43 Å². The van der Waals surface area contributed by atoms with E-state index in [2.05, 4.69) is 10.5 Å². The van der Waals surface area contributed by atoms with Gasteiger partial charge in [0.25, 0.3) is 0 Å². The van der Waals surface area contributed by atoms with E-state index in [-0.39, 0.29) is 12.5 Å². The minimum Gasteiger partial charge on any atom is -0.266 e. The number of thiophene rings is 1. The predicted molar refractivity (Wildman–Crippen MR) is 66.7 cm³/mol. The summed E-state index contributed by atoms with van der Waals surface area (Å²) in [5.41, 5.74) is 3.47. The minimum atomic E-state index is -0.146. The maximum atomic E-state index is 11.5. The van der Waals surface area contributed by atoms with Crippen LogP contribution in [0.3, 0.4) is 0 Å². The van der Waals surface area contributed by atoms with E-state index in [1.165, 1.54) is 0 Å². The zero-order chi connectivity index (χ0) is 11.9. The Bertz CT molecular complexity index is 494. The van der Waals surface area contributed by atoms with Crippen molar-refractivity contribution < 1.29 is 9.36 Å². The SMILES string of the molecule is O=C(C[n+]1ccccc1)N/N=C/c1ccsc1. The predicted octanol–water partition coefficient (Wildman–Crippen LogP) is 1.19. The van der Waals surface area contributed by atoms with E-state index < -0.39 is 0 Å². The molecule has 17 heavy (non-hydrogen) atoms. The molecule has 0 radical (unpaired) electrons. The lowest BCUT2D eigenvalue weighted by atomic mass is 10.4. The van der Waals surface area contributed by atoms with E-state index in [9.17, 15) is 4.79 Å². The molecule has 2 aromatic rings. The van der Waals surface area contributed by atoms with Crippen molar-refractivity contribution in [2.45, 2.75) is 6.54 Å². The van der Waals surface area contributed by atoms with Gasteiger partial charge >= 0.3 is 5.91 Å². The summed E-state index contributed by atoms with van der Waals surface area (Å²) in [5.74, 6) is -0.146. The Balaban J connectivity index is 1.82. The Labute approximate surface area is 103 Å². The van der Waals surface area contributed by atoms with E-state index in [0.717, 1.165) is 5.56 Å². The molecule has 0 saturated carbocycles. The number of nitrogens with one attached hydrogen (secondary N) is 1. The highest BCUT2D eigenvalue weighted by molar-refractivity contribution is 7.08. The number of hydrazone groups is 1. The van der Waals surface area contributed by atoms with Crippen LogP contribution < -0.4 is 9.99 Å². The largest absolute Gasteiger partial charge is 0.305 e. The molecule has 0 atom stereocenters. The van der Waals surface area contributed by atoms with E-state index in [4.69, 9.17) is 0 Å². The topological polar surface area (TPSA) is 45.3 Å². The van der Waals surface area contributed by atoms with Crippen LogP contribution in [0.4, 0.5) is 0 Å². The summed E-state index contributed by atoms with van der Waals surface area (Å²) in [6, 6.07) is 7.60. The Hall–Kier alpha value is -2.01. The molecule has 0 aliphatic rings. The second-order valence-electron chi connectivity index (χ2n) is 3.40. The van der Waals surface area contributed by atoms with Gasteiger partial charge in [0.2, 0.25) is 6.54 Å². The Morgan fingerprint density at radius 2 is 2.24 bits per heavy atom. The van der Waals surface area contributed by atoms with Gasteiger partial charge < -0.3 is 0 Å². The first-order valence-electron chi connectivity index (χ1n) is 5.13.